The number of hydrogen-bond acceptors (Lipinski definition) is 3. The lowest BCUT2D eigenvalue weighted by atomic mass is 10.2. The molecule has 2 rings (SSSR count). The van der Waals surface area contributed by atoms with Crippen LogP contribution in [-0.2, 0) is 26.2 Å². The Morgan fingerprint density at radius 2 is 2.00 bits per heavy atom. The van der Waals surface area contributed by atoms with Crippen LogP contribution in [0.5, 0.6) is 0 Å². The number of rotatable bonds is 7. The zero-order valence-electron chi connectivity index (χ0n) is 12.1. The van der Waals surface area contributed by atoms with E-state index in [0.717, 1.165) is 32.6 Å². The molecule has 0 atom stereocenters. The molecule has 2 aromatic heterocycles. The summed E-state index contributed by atoms with van der Waals surface area (Å²) in [6, 6.07) is 0. The van der Waals surface area contributed by atoms with E-state index in [0.29, 0.717) is 0 Å². The molecule has 0 aliphatic heterocycles. The van der Waals surface area contributed by atoms with Gasteiger partial charge in [-0.1, -0.05) is 6.92 Å². The van der Waals surface area contributed by atoms with Crippen LogP contribution in [0.2, 0.25) is 0 Å². The third kappa shape index (κ3) is 3.44. The van der Waals surface area contributed by atoms with Crippen LogP contribution in [0.4, 0.5) is 0 Å². The van der Waals surface area contributed by atoms with Crippen molar-refractivity contribution < 1.29 is 0 Å². The highest BCUT2D eigenvalue weighted by Crippen LogP contribution is 2.07. The van der Waals surface area contributed by atoms with Gasteiger partial charge in [-0.05, 0) is 25.8 Å². The molecule has 0 spiro atoms. The first-order chi connectivity index (χ1) is 9.24. The molecule has 1 N–H and O–H groups in total. The number of aromatic nitrogens is 4. The molecule has 0 saturated carbocycles. The summed E-state index contributed by atoms with van der Waals surface area (Å²) in [4.78, 5) is 0. The van der Waals surface area contributed by atoms with Crippen LogP contribution < -0.4 is 5.32 Å². The lowest BCUT2D eigenvalue weighted by Gasteiger charge is -2.07. The summed E-state index contributed by atoms with van der Waals surface area (Å²) in [6.07, 6.45) is 7.09. The molecule has 0 amide bonds. The van der Waals surface area contributed by atoms with Gasteiger partial charge < -0.3 is 5.32 Å². The monoisotopic (exact) mass is 261 g/mol. The fraction of sp³-hybridized carbons (Fsp3) is 0.571. The van der Waals surface area contributed by atoms with Crippen molar-refractivity contribution in [3.05, 3.63) is 35.4 Å². The van der Waals surface area contributed by atoms with Crippen LogP contribution in [0.25, 0.3) is 0 Å². The average Bonchev–Trinajstić information content (AvgIpc) is 2.98. The first-order valence-corrected chi connectivity index (χ1v) is 6.98. The Kier molecular flexibility index (Phi) is 4.74. The Labute approximate surface area is 114 Å². The molecule has 0 radical (unpaired) electrons. The number of nitrogens with zero attached hydrogens (tertiary/aromatic N) is 4. The summed E-state index contributed by atoms with van der Waals surface area (Å²) in [5.41, 5.74) is 3.74. The Morgan fingerprint density at radius 3 is 2.74 bits per heavy atom. The maximum absolute atomic E-state index is 4.35. The summed E-state index contributed by atoms with van der Waals surface area (Å²) >= 11 is 0. The second-order valence-electron chi connectivity index (χ2n) is 4.81. The van der Waals surface area contributed by atoms with Crippen molar-refractivity contribution in [2.75, 3.05) is 0 Å². The van der Waals surface area contributed by atoms with Crippen molar-refractivity contribution in [3.8, 4) is 0 Å². The minimum absolute atomic E-state index is 0.845. The predicted octanol–water partition coefficient (Wildman–Crippen LogP) is 2.11. The molecule has 19 heavy (non-hydrogen) atoms. The normalized spacial score (nSPS) is 11.1. The van der Waals surface area contributed by atoms with Gasteiger partial charge in [-0.2, -0.15) is 10.2 Å². The van der Waals surface area contributed by atoms with Gasteiger partial charge in [0.2, 0.25) is 0 Å². The lowest BCUT2D eigenvalue weighted by molar-refractivity contribution is 0.578. The molecular formula is C14H23N5. The first kappa shape index (κ1) is 13.8. The molecule has 2 heterocycles. The van der Waals surface area contributed by atoms with Crippen LogP contribution in [0.3, 0.4) is 0 Å². The number of hydrogen-bond donors (Lipinski definition) is 1. The molecule has 0 fully saturated rings. The lowest BCUT2D eigenvalue weighted by Crippen LogP contribution is -2.16. The van der Waals surface area contributed by atoms with Gasteiger partial charge in [0.15, 0.2) is 0 Å². The fourth-order valence-electron chi connectivity index (χ4n) is 2.18. The van der Waals surface area contributed by atoms with E-state index in [1.807, 2.05) is 21.8 Å². The second kappa shape index (κ2) is 6.52. The van der Waals surface area contributed by atoms with Gasteiger partial charge in [-0.3, -0.25) is 9.36 Å². The van der Waals surface area contributed by atoms with Gasteiger partial charge >= 0.3 is 0 Å². The average molecular weight is 261 g/mol. The molecule has 0 bridgehead atoms. The molecule has 5 heteroatoms. The summed E-state index contributed by atoms with van der Waals surface area (Å²) < 4.78 is 4.04. The highest BCUT2D eigenvalue weighted by Gasteiger charge is 2.05. The molecular weight excluding hydrogens is 238 g/mol. The Hall–Kier alpha value is -1.62. The largest absolute Gasteiger partial charge is 0.307 e. The number of nitrogens with one attached hydrogen (secondary N) is 1. The van der Waals surface area contributed by atoms with Gasteiger partial charge in [0.25, 0.3) is 0 Å². The minimum atomic E-state index is 0.845. The van der Waals surface area contributed by atoms with E-state index >= 15 is 0 Å². The van der Waals surface area contributed by atoms with E-state index < -0.39 is 0 Å². The predicted molar refractivity (Wildman–Crippen MR) is 75.7 cm³/mol. The zero-order chi connectivity index (χ0) is 13.7. The van der Waals surface area contributed by atoms with Crippen LogP contribution in [0, 0.1) is 6.92 Å². The van der Waals surface area contributed by atoms with E-state index in [9.17, 15) is 0 Å². The van der Waals surface area contributed by atoms with E-state index in [1.54, 1.807) is 0 Å². The van der Waals surface area contributed by atoms with E-state index in [4.69, 9.17) is 0 Å². The molecule has 0 aliphatic carbocycles. The maximum Gasteiger partial charge on any atom is 0.0551 e. The summed E-state index contributed by atoms with van der Waals surface area (Å²) in [7, 11) is 0. The highest BCUT2D eigenvalue weighted by atomic mass is 15.3. The topological polar surface area (TPSA) is 47.7 Å². The summed E-state index contributed by atoms with van der Waals surface area (Å²) in [6.45, 7) is 9.98. The third-order valence-electron chi connectivity index (χ3n) is 3.22. The van der Waals surface area contributed by atoms with Crippen molar-refractivity contribution in [1.82, 2.24) is 24.9 Å². The first-order valence-electron chi connectivity index (χ1n) is 6.98. The molecule has 5 nitrogen and oxygen atoms in total. The molecule has 0 saturated heterocycles. The van der Waals surface area contributed by atoms with Crippen LogP contribution in [0.1, 0.15) is 37.1 Å². The molecule has 0 unspecified atom stereocenters. The summed E-state index contributed by atoms with van der Waals surface area (Å²) in [5, 5.41) is 12.1. The van der Waals surface area contributed by atoms with E-state index in [1.165, 1.54) is 16.8 Å². The van der Waals surface area contributed by atoms with E-state index in [2.05, 4.69) is 42.5 Å². The Bertz CT molecular complexity index is 512. The van der Waals surface area contributed by atoms with Crippen molar-refractivity contribution in [2.24, 2.45) is 0 Å². The highest BCUT2D eigenvalue weighted by molar-refractivity contribution is 5.15. The van der Waals surface area contributed by atoms with Gasteiger partial charge in [-0.25, -0.2) is 0 Å². The van der Waals surface area contributed by atoms with Crippen LogP contribution in [-0.4, -0.2) is 19.6 Å². The second-order valence-corrected chi connectivity index (χ2v) is 4.81. The molecule has 0 aromatic carbocycles. The molecule has 2 aromatic rings. The zero-order valence-corrected chi connectivity index (χ0v) is 12.1. The quantitative estimate of drug-likeness (QED) is 0.830. The Balaban J connectivity index is 1.87. The molecule has 104 valence electrons. The standard InChI is InChI=1S/C14H23N5/c1-4-6-18-11-13(9-16-18)8-15-10-14-12(3)7-17-19(14)5-2/h7,9,11,15H,4-6,8,10H2,1-3H3. The van der Waals surface area contributed by atoms with Crippen molar-refractivity contribution in [3.63, 3.8) is 0 Å². The molecule has 0 aliphatic rings. The minimum Gasteiger partial charge on any atom is -0.307 e. The van der Waals surface area contributed by atoms with Gasteiger partial charge in [0.1, 0.15) is 0 Å². The van der Waals surface area contributed by atoms with Crippen molar-refractivity contribution >= 4 is 0 Å². The summed E-state index contributed by atoms with van der Waals surface area (Å²) in [5.74, 6) is 0. The fourth-order valence-corrected chi connectivity index (χ4v) is 2.18. The third-order valence-corrected chi connectivity index (χ3v) is 3.22. The SMILES string of the molecule is CCCn1cc(CNCc2c(C)cnn2CC)cn1. The number of aryl methyl sites for hydroxylation is 3. The van der Waals surface area contributed by atoms with Gasteiger partial charge in [-0.15, -0.1) is 0 Å². The van der Waals surface area contributed by atoms with Crippen molar-refractivity contribution in [2.45, 2.75) is 53.4 Å². The Morgan fingerprint density at radius 1 is 1.16 bits per heavy atom. The van der Waals surface area contributed by atoms with Gasteiger partial charge in [0, 0.05) is 37.9 Å². The van der Waals surface area contributed by atoms with Gasteiger partial charge in [0.05, 0.1) is 18.1 Å². The smallest absolute Gasteiger partial charge is 0.0551 e. The van der Waals surface area contributed by atoms with E-state index in [-0.39, 0.29) is 0 Å². The maximum atomic E-state index is 4.35. The van der Waals surface area contributed by atoms with Crippen molar-refractivity contribution in [1.29, 1.82) is 0 Å². The van der Waals surface area contributed by atoms with Crippen LogP contribution >= 0.6 is 0 Å². The van der Waals surface area contributed by atoms with Crippen LogP contribution in [0.15, 0.2) is 18.6 Å².